The van der Waals surface area contributed by atoms with Crippen molar-refractivity contribution in [3.8, 4) is 0 Å². The molecule has 1 saturated carbocycles. The van der Waals surface area contributed by atoms with Crippen molar-refractivity contribution < 1.29 is 4.92 Å². The van der Waals surface area contributed by atoms with E-state index in [0.29, 0.717) is 12.1 Å². The Hall–Kier alpha value is -1.89. The van der Waals surface area contributed by atoms with Gasteiger partial charge in [-0.25, -0.2) is 4.98 Å². The number of thiol groups is 1. The summed E-state index contributed by atoms with van der Waals surface area (Å²) in [6, 6.07) is 4.15. The van der Waals surface area contributed by atoms with Gasteiger partial charge in [0.15, 0.2) is 0 Å². The second kappa shape index (κ2) is 4.59. The van der Waals surface area contributed by atoms with E-state index in [1.807, 2.05) is 0 Å². The molecule has 0 spiro atoms. The van der Waals surface area contributed by atoms with Crippen molar-refractivity contribution in [2.24, 2.45) is 5.41 Å². The van der Waals surface area contributed by atoms with Crippen LogP contribution in [0.25, 0.3) is 10.9 Å². The zero-order valence-corrected chi connectivity index (χ0v) is 11.5. The van der Waals surface area contributed by atoms with Gasteiger partial charge < -0.3 is 0 Å². The van der Waals surface area contributed by atoms with Crippen LogP contribution in [0.5, 0.6) is 0 Å². The van der Waals surface area contributed by atoms with E-state index in [9.17, 15) is 14.9 Å². The van der Waals surface area contributed by atoms with Crippen LogP contribution in [0, 0.1) is 15.5 Å². The number of hydrogen-bond acceptors (Lipinski definition) is 5. The molecule has 1 aliphatic carbocycles. The van der Waals surface area contributed by atoms with Gasteiger partial charge in [-0.3, -0.25) is 19.5 Å². The molecule has 1 fully saturated rings. The molecule has 3 rings (SSSR count). The smallest absolute Gasteiger partial charge is 0.270 e. The number of non-ortho nitro benzene ring substituents is 1. The summed E-state index contributed by atoms with van der Waals surface area (Å²) in [7, 11) is 0. The Morgan fingerprint density at radius 2 is 2.20 bits per heavy atom. The fourth-order valence-electron chi connectivity index (χ4n) is 2.28. The maximum Gasteiger partial charge on any atom is 0.270 e. The Morgan fingerprint density at radius 1 is 1.45 bits per heavy atom. The topological polar surface area (TPSA) is 78.0 Å². The lowest BCUT2D eigenvalue weighted by molar-refractivity contribution is -0.384. The lowest BCUT2D eigenvalue weighted by Crippen LogP contribution is -2.26. The van der Waals surface area contributed by atoms with Crippen LogP contribution >= 0.6 is 12.6 Å². The molecule has 0 N–H and O–H groups in total. The Labute approximate surface area is 120 Å². The van der Waals surface area contributed by atoms with Gasteiger partial charge in [0.2, 0.25) is 0 Å². The summed E-state index contributed by atoms with van der Waals surface area (Å²) in [5, 5.41) is 11.1. The van der Waals surface area contributed by atoms with Crippen molar-refractivity contribution >= 4 is 29.2 Å². The molecule has 1 heterocycles. The molecule has 0 bridgehead atoms. The third-order valence-electron chi connectivity index (χ3n) is 3.82. The molecule has 20 heavy (non-hydrogen) atoms. The van der Waals surface area contributed by atoms with Crippen molar-refractivity contribution in [1.82, 2.24) is 9.55 Å². The number of nitro groups is 1. The van der Waals surface area contributed by atoms with E-state index in [1.54, 1.807) is 0 Å². The van der Waals surface area contributed by atoms with Gasteiger partial charge in [-0.05, 0) is 30.1 Å². The normalized spacial score (nSPS) is 16.2. The minimum atomic E-state index is -0.508. The molecule has 1 aliphatic rings. The van der Waals surface area contributed by atoms with Crippen molar-refractivity contribution in [2.45, 2.75) is 19.4 Å². The summed E-state index contributed by atoms with van der Waals surface area (Å²) in [5.74, 6) is 0.729. The lowest BCUT2D eigenvalue weighted by atomic mass is 10.1. The predicted molar refractivity (Wildman–Crippen MR) is 78.2 cm³/mol. The van der Waals surface area contributed by atoms with E-state index in [2.05, 4.69) is 17.6 Å². The van der Waals surface area contributed by atoms with Gasteiger partial charge in [0.25, 0.3) is 11.2 Å². The number of benzene rings is 1. The predicted octanol–water partition coefficient (Wildman–Crippen LogP) is 2.01. The Morgan fingerprint density at radius 3 is 2.80 bits per heavy atom. The third kappa shape index (κ3) is 2.18. The van der Waals surface area contributed by atoms with Crippen LogP contribution in [0.1, 0.15) is 12.8 Å². The van der Waals surface area contributed by atoms with E-state index in [4.69, 9.17) is 0 Å². The Balaban J connectivity index is 2.09. The first-order valence-electron chi connectivity index (χ1n) is 6.29. The SMILES string of the molecule is O=c1c2cc([N+](=O)[O-])ccc2ncn1CC1(CS)CC1. The molecular formula is C13H13N3O3S. The molecule has 1 aromatic heterocycles. The molecule has 0 saturated heterocycles. The number of aromatic nitrogens is 2. The summed E-state index contributed by atoms with van der Waals surface area (Å²) in [4.78, 5) is 26.9. The third-order valence-corrected chi connectivity index (χ3v) is 4.49. The van der Waals surface area contributed by atoms with E-state index in [1.165, 1.54) is 29.1 Å². The number of hydrogen-bond donors (Lipinski definition) is 1. The summed E-state index contributed by atoms with van der Waals surface area (Å²) < 4.78 is 1.54. The number of nitro benzene ring substituents is 1. The molecule has 2 aromatic rings. The molecule has 0 aliphatic heterocycles. The summed E-state index contributed by atoms with van der Waals surface area (Å²) in [6.07, 6.45) is 3.62. The molecule has 0 atom stereocenters. The summed E-state index contributed by atoms with van der Waals surface area (Å²) >= 11 is 4.32. The van der Waals surface area contributed by atoms with Crippen LogP contribution in [-0.2, 0) is 6.54 Å². The largest absolute Gasteiger partial charge is 0.298 e. The minimum absolute atomic E-state index is 0.0863. The van der Waals surface area contributed by atoms with E-state index < -0.39 is 4.92 Å². The number of rotatable bonds is 4. The maximum absolute atomic E-state index is 12.4. The molecule has 1 aromatic carbocycles. The van der Waals surface area contributed by atoms with Crippen LogP contribution in [0.15, 0.2) is 29.3 Å². The first kappa shape index (κ1) is 13.1. The van der Waals surface area contributed by atoms with Crippen LogP contribution < -0.4 is 5.56 Å². The van der Waals surface area contributed by atoms with Crippen molar-refractivity contribution in [3.63, 3.8) is 0 Å². The van der Waals surface area contributed by atoms with Crippen LogP contribution in [-0.4, -0.2) is 20.2 Å². The minimum Gasteiger partial charge on any atom is -0.298 e. The molecule has 104 valence electrons. The highest BCUT2D eigenvalue weighted by atomic mass is 32.1. The van der Waals surface area contributed by atoms with Gasteiger partial charge in [0.05, 0.1) is 22.2 Å². The van der Waals surface area contributed by atoms with Crippen LogP contribution in [0.3, 0.4) is 0 Å². The van der Waals surface area contributed by atoms with Crippen molar-refractivity contribution in [1.29, 1.82) is 0 Å². The zero-order valence-electron chi connectivity index (χ0n) is 10.7. The number of nitrogens with zero attached hydrogens (tertiary/aromatic N) is 3. The van der Waals surface area contributed by atoms with Gasteiger partial charge >= 0.3 is 0 Å². The van der Waals surface area contributed by atoms with Gasteiger partial charge in [-0.1, -0.05) is 0 Å². The molecule has 0 amide bonds. The van der Waals surface area contributed by atoms with E-state index in [0.717, 1.165) is 18.6 Å². The Kier molecular flexibility index (Phi) is 3.01. The Bertz CT molecular complexity index is 752. The average molecular weight is 291 g/mol. The maximum atomic E-state index is 12.4. The van der Waals surface area contributed by atoms with Crippen LogP contribution in [0.2, 0.25) is 0 Å². The fourth-order valence-corrected chi connectivity index (χ4v) is 2.69. The number of fused-ring (bicyclic) bond motifs is 1. The van der Waals surface area contributed by atoms with E-state index >= 15 is 0 Å². The van der Waals surface area contributed by atoms with Crippen molar-refractivity contribution in [2.75, 3.05) is 5.75 Å². The van der Waals surface area contributed by atoms with Gasteiger partial charge in [0.1, 0.15) is 0 Å². The molecule has 0 unspecified atom stereocenters. The quantitative estimate of drug-likeness (QED) is 0.531. The first-order valence-corrected chi connectivity index (χ1v) is 6.92. The second-order valence-electron chi connectivity index (χ2n) is 5.29. The molecule has 6 nitrogen and oxygen atoms in total. The summed E-state index contributed by atoms with van der Waals surface area (Å²) in [6.45, 7) is 0.570. The fraction of sp³-hybridized carbons (Fsp3) is 0.385. The van der Waals surface area contributed by atoms with E-state index in [-0.39, 0.29) is 22.0 Å². The van der Waals surface area contributed by atoms with Gasteiger partial charge in [-0.15, -0.1) is 0 Å². The highest BCUT2D eigenvalue weighted by molar-refractivity contribution is 7.80. The zero-order chi connectivity index (χ0) is 14.3. The van der Waals surface area contributed by atoms with Gasteiger partial charge in [-0.2, -0.15) is 12.6 Å². The lowest BCUT2D eigenvalue weighted by Gasteiger charge is -2.13. The highest BCUT2D eigenvalue weighted by Crippen LogP contribution is 2.47. The summed E-state index contributed by atoms with van der Waals surface area (Å²) in [5.41, 5.74) is 0.243. The first-order chi connectivity index (χ1) is 9.54. The van der Waals surface area contributed by atoms with Gasteiger partial charge in [0, 0.05) is 18.7 Å². The molecule has 7 heteroatoms. The monoisotopic (exact) mass is 291 g/mol. The second-order valence-corrected chi connectivity index (χ2v) is 5.61. The molecule has 0 radical (unpaired) electrons. The van der Waals surface area contributed by atoms with Crippen molar-refractivity contribution in [3.05, 3.63) is 45.0 Å². The highest BCUT2D eigenvalue weighted by Gasteiger charge is 2.41. The standard InChI is InChI=1S/C13H13N3O3S/c17-12-10-5-9(16(18)19)1-2-11(10)14-8-15(12)6-13(7-20)3-4-13/h1-2,5,8,20H,3-4,6-7H2. The van der Waals surface area contributed by atoms with Crippen LogP contribution in [0.4, 0.5) is 5.69 Å². The average Bonchev–Trinajstić information content (AvgIpc) is 3.22. The molecular weight excluding hydrogens is 278 g/mol.